The maximum Gasteiger partial charge on any atom is 0.208 e. The van der Waals surface area contributed by atoms with Crippen LogP contribution >= 0.6 is 0 Å². The van der Waals surface area contributed by atoms with Crippen LogP contribution in [-0.2, 0) is 11.3 Å². The van der Waals surface area contributed by atoms with Crippen LogP contribution in [0.25, 0.3) is 0 Å². The molecule has 1 aliphatic heterocycles. The fourth-order valence-corrected chi connectivity index (χ4v) is 4.37. The van der Waals surface area contributed by atoms with Gasteiger partial charge in [-0.3, -0.25) is 9.89 Å². The Kier molecular flexibility index (Phi) is 9.46. The van der Waals surface area contributed by atoms with Gasteiger partial charge in [0.25, 0.3) is 0 Å². The molecule has 0 atom stereocenters. The van der Waals surface area contributed by atoms with Crippen molar-refractivity contribution >= 4 is 5.96 Å². The number of aryl methyl sites for hydroxylation is 2. The predicted octanol–water partition coefficient (Wildman–Crippen LogP) is 3.41. The summed E-state index contributed by atoms with van der Waals surface area (Å²) in [6.07, 6.45) is 10.4. The van der Waals surface area contributed by atoms with E-state index in [-0.39, 0.29) is 0 Å². The van der Waals surface area contributed by atoms with E-state index in [9.17, 15) is 0 Å². The first-order valence-electron chi connectivity index (χ1n) is 11.9. The van der Waals surface area contributed by atoms with E-state index in [1.54, 1.807) is 0 Å². The van der Waals surface area contributed by atoms with Crippen molar-refractivity contribution in [1.82, 2.24) is 20.5 Å². The van der Waals surface area contributed by atoms with Gasteiger partial charge in [0.2, 0.25) is 5.89 Å². The highest BCUT2D eigenvalue weighted by molar-refractivity contribution is 5.79. The molecule has 2 N–H and O–H groups in total. The number of oxazole rings is 1. The lowest BCUT2D eigenvalue weighted by Crippen LogP contribution is -2.43. The number of hydrogen-bond acceptors (Lipinski definition) is 5. The SMILES string of the molecule is CN=C(NCCCOC1CCCCC1)NCC1CCN(Cc2nc(C)c(C)o2)CC1. The van der Waals surface area contributed by atoms with E-state index in [0.717, 1.165) is 69.1 Å². The molecule has 0 unspecified atom stereocenters. The fourth-order valence-electron chi connectivity index (χ4n) is 4.37. The van der Waals surface area contributed by atoms with Gasteiger partial charge in [0, 0.05) is 26.7 Å². The number of rotatable bonds is 9. The van der Waals surface area contributed by atoms with Crippen LogP contribution in [0.3, 0.4) is 0 Å². The van der Waals surface area contributed by atoms with E-state index < -0.39 is 0 Å². The minimum atomic E-state index is 0.499. The average Bonchev–Trinajstić information content (AvgIpc) is 3.08. The zero-order chi connectivity index (χ0) is 21.2. The summed E-state index contributed by atoms with van der Waals surface area (Å²) < 4.78 is 11.7. The number of nitrogens with one attached hydrogen (secondary N) is 2. The van der Waals surface area contributed by atoms with E-state index in [1.165, 1.54) is 44.9 Å². The van der Waals surface area contributed by atoms with Gasteiger partial charge in [-0.15, -0.1) is 0 Å². The Labute approximate surface area is 182 Å². The van der Waals surface area contributed by atoms with Crippen LogP contribution < -0.4 is 10.6 Å². The van der Waals surface area contributed by atoms with Crippen LogP contribution in [0.4, 0.5) is 0 Å². The normalized spacial score (nSPS) is 19.9. The number of ether oxygens (including phenoxy) is 1. The first-order valence-corrected chi connectivity index (χ1v) is 11.9. The van der Waals surface area contributed by atoms with Gasteiger partial charge in [-0.25, -0.2) is 4.98 Å². The molecule has 0 radical (unpaired) electrons. The van der Waals surface area contributed by atoms with Gasteiger partial charge >= 0.3 is 0 Å². The number of aliphatic imine (C=N–C) groups is 1. The Bertz CT molecular complexity index is 627. The first-order chi connectivity index (χ1) is 14.6. The smallest absolute Gasteiger partial charge is 0.208 e. The standard InChI is InChI=1S/C23H41N5O2/c1-18-19(2)30-22(27-18)17-28-13-10-20(11-14-28)16-26-23(24-3)25-12-7-15-29-21-8-5-4-6-9-21/h20-21H,4-17H2,1-3H3,(H2,24,25,26). The van der Waals surface area contributed by atoms with Crippen molar-refractivity contribution in [2.45, 2.75) is 77.9 Å². The van der Waals surface area contributed by atoms with Crippen molar-refractivity contribution in [3.05, 3.63) is 17.3 Å². The Balaban J connectivity index is 1.24. The highest BCUT2D eigenvalue weighted by Gasteiger charge is 2.21. The van der Waals surface area contributed by atoms with E-state index in [1.807, 2.05) is 20.9 Å². The summed E-state index contributed by atoms with van der Waals surface area (Å²) in [5, 5.41) is 6.93. The number of hydrogen-bond donors (Lipinski definition) is 2. The van der Waals surface area contributed by atoms with E-state index >= 15 is 0 Å². The largest absolute Gasteiger partial charge is 0.444 e. The van der Waals surface area contributed by atoms with Gasteiger partial charge < -0.3 is 19.8 Å². The Hall–Kier alpha value is -1.60. The number of guanidine groups is 1. The lowest BCUT2D eigenvalue weighted by molar-refractivity contribution is 0.0277. The monoisotopic (exact) mass is 419 g/mol. The molecular weight excluding hydrogens is 378 g/mol. The molecule has 2 fully saturated rings. The van der Waals surface area contributed by atoms with Crippen molar-refractivity contribution in [3.63, 3.8) is 0 Å². The topological polar surface area (TPSA) is 74.9 Å². The summed E-state index contributed by atoms with van der Waals surface area (Å²) in [7, 11) is 1.84. The number of likely N-dealkylation sites (tertiary alicyclic amines) is 1. The second-order valence-electron chi connectivity index (χ2n) is 8.83. The molecule has 0 amide bonds. The lowest BCUT2D eigenvalue weighted by Gasteiger charge is -2.31. The van der Waals surface area contributed by atoms with Gasteiger partial charge in [-0.05, 0) is 65.0 Å². The highest BCUT2D eigenvalue weighted by atomic mass is 16.5. The summed E-state index contributed by atoms with van der Waals surface area (Å²) in [5.41, 5.74) is 1.00. The number of nitrogens with zero attached hydrogens (tertiary/aromatic N) is 3. The average molecular weight is 420 g/mol. The van der Waals surface area contributed by atoms with Gasteiger partial charge in [-0.2, -0.15) is 0 Å². The molecule has 1 saturated heterocycles. The fraction of sp³-hybridized carbons (Fsp3) is 0.826. The molecular formula is C23H41N5O2. The summed E-state index contributed by atoms with van der Waals surface area (Å²) in [4.78, 5) is 11.3. The molecule has 30 heavy (non-hydrogen) atoms. The molecule has 7 heteroatoms. The van der Waals surface area contributed by atoms with Crippen molar-refractivity contribution < 1.29 is 9.15 Å². The zero-order valence-electron chi connectivity index (χ0n) is 19.2. The lowest BCUT2D eigenvalue weighted by atomic mass is 9.97. The quantitative estimate of drug-likeness (QED) is 0.363. The molecule has 0 aromatic carbocycles. The minimum absolute atomic E-state index is 0.499. The van der Waals surface area contributed by atoms with Crippen LogP contribution in [0, 0.1) is 19.8 Å². The van der Waals surface area contributed by atoms with Gasteiger partial charge in [0.15, 0.2) is 5.96 Å². The Morgan fingerprint density at radius 3 is 2.57 bits per heavy atom. The summed E-state index contributed by atoms with van der Waals surface area (Å²) in [5.74, 6) is 3.37. The third kappa shape index (κ3) is 7.58. The second-order valence-corrected chi connectivity index (χ2v) is 8.83. The maximum absolute atomic E-state index is 6.00. The van der Waals surface area contributed by atoms with E-state index in [0.29, 0.717) is 12.0 Å². The van der Waals surface area contributed by atoms with Gasteiger partial charge in [-0.1, -0.05) is 19.3 Å². The Morgan fingerprint density at radius 1 is 1.13 bits per heavy atom. The Morgan fingerprint density at radius 2 is 1.90 bits per heavy atom. The third-order valence-electron chi connectivity index (χ3n) is 6.44. The van der Waals surface area contributed by atoms with Crippen LogP contribution in [0.15, 0.2) is 9.41 Å². The number of aromatic nitrogens is 1. The number of piperidine rings is 1. The van der Waals surface area contributed by atoms with Gasteiger partial charge in [0.1, 0.15) is 5.76 Å². The molecule has 1 aromatic rings. The molecule has 1 saturated carbocycles. The van der Waals surface area contributed by atoms with Gasteiger partial charge in [0.05, 0.1) is 18.3 Å². The summed E-state index contributed by atoms with van der Waals surface area (Å²) in [6.45, 7) is 9.72. The van der Waals surface area contributed by atoms with Crippen LogP contribution in [0.1, 0.15) is 68.7 Å². The molecule has 170 valence electrons. The van der Waals surface area contributed by atoms with E-state index in [2.05, 4.69) is 25.5 Å². The molecule has 1 aromatic heterocycles. The predicted molar refractivity (Wildman–Crippen MR) is 121 cm³/mol. The third-order valence-corrected chi connectivity index (χ3v) is 6.44. The molecule has 0 spiro atoms. The van der Waals surface area contributed by atoms with Crippen molar-refractivity contribution in [2.75, 3.05) is 39.8 Å². The highest BCUT2D eigenvalue weighted by Crippen LogP contribution is 2.20. The molecule has 2 aliphatic rings. The molecule has 3 rings (SSSR count). The molecule has 1 aliphatic carbocycles. The van der Waals surface area contributed by atoms with Crippen LogP contribution in [0.2, 0.25) is 0 Å². The molecule has 7 nitrogen and oxygen atoms in total. The van der Waals surface area contributed by atoms with Crippen molar-refractivity contribution in [2.24, 2.45) is 10.9 Å². The first kappa shape index (κ1) is 23.1. The second kappa shape index (κ2) is 12.3. The van der Waals surface area contributed by atoms with Crippen molar-refractivity contribution in [1.29, 1.82) is 0 Å². The molecule has 0 bridgehead atoms. The molecule has 2 heterocycles. The summed E-state index contributed by atoms with van der Waals surface area (Å²) >= 11 is 0. The van der Waals surface area contributed by atoms with Crippen molar-refractivity contribution in [3.8, 4) is 0 Å². The minimum Gasteiger partial charge on any atom is -0.444 e. The van der Waals surface area contributed by atoms with Crippen LogP contribution in [-0.4, -0.2) is 61.8 Å². The maximum atomic E-state index is 6.00. The summed E-state index contributed by atoms with van der Waals surface area (Å²) in [6, 6.07) is 0. The van der Waals surface area contributed by atoms with Crippen LogP contribution in [0.5, 0.6) is 0 Å². The zero-order valence-corrected chi connectivity index (χ0v) is 19.2. The van der Waals surface area contributed by atoms with E-state index in [4.69, 9.17) is 9.15 Å².